The molecule has 0 amide bonds. The van der Waals surface area contributed by atoms with Crippen LogP contribution in [-0.4, -0.2) is 17.5 Å². The Morgan fingerprint density at radius 3 is 1.09 bits per heavy atom. The second-order valence-corrected chi connectivity index (χ2v) is 8.99. The summed E-state index contributed by atoms with van der Waals surface area (Å²) >= 11 is 0. The van der Waals surface area contributed by atoms with E-state index in [4.69, 9.17) is 17.5 Å². The molecule has 0 saturated heterocycles. The van der Waals surface area contributed by atoms with E-state index in [0.29, 0.717) is 0 Å². The maximum absolute atomic E-state index is 8.52. The van der Waals surface area contributed by atoms with Gasteiger partial charge in [-0.25, -0.2) is 9.13 Å². The Morgan fingerprint density at radius 1 is 0.515 bits per heavy atom. The average Bonchev–Trinajstić information content (AvgIpc) is 2.79. The number of aryl methyl sites for hydroxylation is 2. The average molecular weight is 481 g/mol. The van der Waals surface area contributed by atoms with Crippen LogP contribution >= 0.6 is 0 Å². The van der Waals surface area contributed by atoms with Crippen LogP contribution in [-0.2, 0) is 23.5 Å². The zero-order valence-corrected chi connectivity index (χ0v) is 21.4. The third-order valence-electron chi connectivity index (χ3n) is 5.09. The van der Waals surface area contributed by atoms with Crippen molar-refractivity contribution in [3.05, 3.63) is 61.2 Å². The molecule has 0 aliphatic heterocycles. The summed E-state index contributed by atoms with van der Waals surface area (Å²) in [5, 5.41) is 0. The molecule has 0 spiro atoms. The third-order valence-corrected chi connectivity index (χ3v) is 5.09. The van der Waals surface area contributed by atoms with E-state index in [1.807, 2.05) is 0 Å². The summed E-state index contributed by atoms with van der Waals surface area (Å²) in [6.45, 7) is 6.87. The molecule has 0 aliphatic rings. The quantitative estimate of drug-likeness (QED) is 0.158. The van der Waals surface area contributed by atoms with Crippen LogP contribution in [0, 0.1) is 0 Å². The first kappa shape index (κ1) is 31.2. The SMILES string of the molecule is CCCCCCCC[n+]1ccccc1.CCCCCCCC[n+]1ccccc1.O=S(=O)([O-])[O-]. The molecular formula is C26H44N2O4S. The predicted molar refractivity (Wildman–Crippen MR) is 131 cm³/mol. The van der Waals surface area contributed by atoms with Crippen molar-refractivity contribution < 1.29 is 26.7 Å². The van der Waals surface area contributed by atoms with Crippen molar-refractivity contribution in [3.63, 3.8) is 0 Å². The van der Waals surface area contributed by atoms with Crippen LogP contribution < -0.4 is 9.13 Å². The van der Waals surface area contributed by atoms with Crippen LogP contribution in [0.1, 0.15) is 90.9 Å². The van der Waals surface area contributed by atoms with Gasteiger partial charge in [-0.3, -0.25) is 8.42 Å². The van der Waals surface area contributed by atoms with Gasteiger partial charge in [-0.2, -0.15) is 0 Å². The van der Waals surface area contributed by atoms with E-state index < -0.39 is 10.4 Å². The zero-order valence-electron chi connectivity index (χ0n) is 20.6. The van der Waals surface area contributed by atoms with Crippen LogP contribution in [0.15, 0.2) is 61.2 Å². The highest BCUT2D eigenvalue weighted by Gasteiger charge is 1.98. The summed E-state index contributed by atoms with van der Waals surface area (Å²) in [5.41, 5.74) is 0. The Morgan fingerprint density at radius 2 is 0.788 bits per heavy atom. The minimum absolute atomic E-state index is 1.17. The van der Waals surface area contributed by atoms with Gasteiger partial charge in [0, 0.05) is 47.5 Å². The van der Waals surface area contributed by atoms with Crippen molar-refractivity contribution in [1.29, 1.82) is 0 Å². The van der Waals surface area contributed by atoms with Gasteiger partial charge in [0.15, 0.2) is 24.8 Å². The molecule has 0 aromatic carbocycles. The summed E-state index contributed by atoms with van der Waals surface area (Å²) in [6.07, 6.45) is 25.1. The molecule has 0 atom stereocenters. The first-order chi connectivity index (χ1) is 15.9. The maximum atomic E-state index is 8.52. The van der Waals surface area contributed by atoms with Crippen molar-refractivity contribution in [3.8, 4) is 0 Å². The van der Waals surface area contributed by atoms with Gasteiger partial charge in [0.25, 0.3) is 0 Å². The van der Waals surface area contributed by atoms with Gasteiger partial charge in [-0.15, -0.1) is 0 Å². The fourth-order valence-electron chi connectivity index (χ4n) is 3.32. The van der Waals surface area contributed by atoms with Gasteiger partial charge in [-0.05, 0) is 12.8 Å². The van der Waals surface area contributed by atoms with E-state index in [-0.39, 0.29) is 0 Å². The molecule has 2 heterocycles. The van der Waals surface area contributed by atoms with Crippen LogP contribution in [0.5, 0.6) is 0 Å². The number of aromatic nitrogens is 2. The smallest absolute Gasteiger partial charge is 0.168 e. The molecule has 0 fully saturated rings. The topological polar surface area (TPSA) is 88.0 Å². The number of pyridine rings is 2. The molecule has 0 N–H and O–H groups in total. The van der Waals surface area contributed by atoms with Gasteiger partial charge in [0.1, 0.15) is 13.1 Å². The van der Waals surface area contributed by atoms with Crippen LogP contribution in [0.2, 0.25) is 0 Å². The molecule has 2 rings (SSSR count). The second kappa shape index (κ2) is 22.0. The lowest BCUT2D eigenvalue weighted by Crippen LogP contribution is -2.32. The molecule has 188 valence electrons. The lowest BCUT2D eigenvalue weighted by atomic mass is 10.1. The molecular weight excluding hydrogens is 436 g/mol. The van der Waals surface area contributed by atoms with Crippen molar-refractivity contribution >= 4 is 10.4 Å². The molecule has 7 heteroatoms. The fourth-order valence-corrected chi connectivity index (χ4v) is 3.32. The minimum atomic E-state index is -5.17. The van der Waals surface area contributed by atoms with Gasteiger partial charge in [0.2, 0.25) is 0 Å². The summed E-state index contributed by atoms with van der Waals surface area (Å²) in [6, 6.07) is 12.5. The van der Waals surface area contributed by atoms with E-state index in [0.717, 1.165) is 0 Å². The lowest BCUT2D eigenvalue weighted by molar-refractivity contribution is -0.697. The van der Waals surface area contributed by atoms with Crippen molar-refractivity contribution in [2.24, 2.45) is 0 Å². The second-order valence-electron chi connectivity index (χ2n) is 8.17. The minimum Gasteiger partial charge on any atom is -0.759 e. The van der Waals surface area contributed by atoms with Crippen molar-refractivity contribution in [1.82, 2.24) is 0 Å². The lowest BCUT2D eigenvalue weighted by Gasteiger charge is -2.06. The van der Waals surface area contributed by atoms with E-state index in [1.54, 1.807) is 0 Å². The maximum Gasteiger partial charge on any atom is 0.168 e. The van der Waals surface area contributed by atoms with E-state index >= 15 is 0 Å². The molecule has 0 bridgehead atoms. The largest absolute Gasteiger partial charge is 0.759 e. The van der Waals surface area contributed by atoms with Gasteiger partial charge >= 0.3 is 0 Å². The molecule has 33 heavy (non-hydrogen) atoms. The fraction of sp³-hybridized carbons (Fsp3) is 0.615. The molecule has 6 nitrogen and oxygen atoms in total. The van der Waals surface area contributed by atoms with Crippen LogP contribution in [0.25, 0.3) is 0 Å². The van der Waals surface area contributed by atoms with Gasteiger partial charge < -0.3 is 9.11 Å². The first-order valence-electron chi connectivity index (χ1n) is 12.4. The monoisotopic (exact) mass is 480 g/mol. The summed E-state index contributed by atoms with van der Waals surface area (Å²) in [5.74, 6) is 0. The van der Waals surface area contributed by atoms with Crippen molar-refractivity contribution in [2.75, 3.05) is 0 Å². The highest BCUT2D eigenvalue weighted by atomic mass is 32.3. The number of hydrogen-bond donors (Lipinski definition) is 0. The number of rotatable bonds is 14. The van der Waals surface area contributed by atoms with E-state index in [1.165, 1.54) is 90.1 Å². The number of hydrogen-bond acceptors (Lipinski definition) is 4. The molecule has 0 aliphatic carbocycles. The Hall–Kier alpha value is -1.83. The highest BCUT2D eigenvalue weighted by molar-refractivity contribution is 7.79. The Labute approximate surface area is 202 Å². The van der Waals surface area contributed by atoms with Crippen molar-refractivity contribution in [2.45, 2.75) is 104 Å². The zero-order chi connectivity index (χ0) is 24.6. The summed E-state index contributed by atoms with van der Waals surface area (Å²) in [4.78, 5) is 0. The molecule has 0 unspecified atom stereocenters. The predicted octanol–water partition coefficient (Wildman–Crippen LogP) is 5.33. The Kier molecular flexibility index (Phi) is 20.8. The number of unbranched alkanes of at least 4 members (excludes halogenated alkanes) is 10. The van der Waals surface area contributed by atoms with E-state index in [9.17, 15) is 0 Å². The van der Waals surface area contributed by atoms with E-state index in [2.05, 4.69) is 84.2 Å². The summed E-state index contributed by atoms with van der Waals surface area (Å²) in [7, 11) is -5.17. The molecule has 2 aromatic heterocycles. The molecule has 0 saturated carbocycles. The first-order valence-corrected chi connectivity index (χ1v) is 13.7. The number of nitrogens with zero attached hydrogens (tertiary/aromatic N) is 2. The Balaban J connectivity index is 0.000000517. The Bertz CT molecular complexity index is 697. The third kappa shape index (κ3) is 26.3. The van der Waals surface area contributed by atoms with Crippen LogP contribution in [0.3, 0.4) is 0 Å². The summed E-state index contributed by atoms with van der Waals surface area (Å²) < 4.78 is 38.6. The van der Waals surface area contributed by atoms with Gasteiger partial charge in [-0.1, -0.05) is 77.3 Å². The highest BCUT2D eigenvalue weighted by Crippen LogP contribution is 2.05. The van der Waals surface area contributed by atoms with Crippen LogP contribution in [0.4, 0.5) is 0 Å². The standard InChI is InChI=1S/2C13H22N.H2O4S/c2*1-2-3-4-5-6-8-11-14-12-9-7-10-13-14;1-5(2,3)4/h2*7,9-10,12-13H,2-6,8,11H2,1H3;(H2,1,2,3,4)/q2*+1;/p-2. The molecule has 2 aromatic rings. The normalized spacial score (nSPS) is 10.5. The molecule has 0 radical (unpaired) electrons. The van der Waals surface area contributed by atoms with Gasteiger partial charge in [0.05, 0.1) is 0 Å².